The minimum absolute atomic E-state index is 0. The fourth-order valence-corrected chi connectivity index (χ4v) is 2.97. The molecular weight excluding hydrogens is 284 g/mol. The Morgan fingerprint density at radius 2 is 1.90 bits per heavy atom. The molecule has 1 aliphatic carbocycles. The maximum Gasteiger partial charge on any atom is 0.236 e. The first-order chi connectivity index (χ1) is 9.53. The van der Waals surface area contributed by atoms with Crippen molar-refractivity contribution >= 4 is 18.3 Å². The maximum atomic E-state index is 12.1. The van der Waals surface area contributed by atoms with Crippen molar-refractivity contribution in [2.75, 3.05) is 6.54 Å². The summed E-state index contributed by atoms with van der Waals surface area (Å²) < 4.78 is 0. The van der Waals surface area contributed by atoms with Crippen LogP contribution in [0.5, 0.6) is 0 Å². The van der Waals surface area contributed by atoms with E-state index in [9.17, 15) is 4.79 Å². The van der Waals surface area contributed by atoms with E-state index in [0.717, 1.165) is 19.3 Å². The molecule has 1 saturated carbocycles. The van der Waals surface area contributed by atoms with Crippen LogP contribution in [0.2, 0.25) is 0 Å². The lowest BCUT2D eigenvalue weighted by Crippen LogP contribution is -2.49. The standard InChI is InChI=1S/C17H26N2O.ClH/c1-13(2)11-15(18)16(20)19-12-17(9-6-10-17)14-7-4-3-5-8-14;/h3-5,7-8,13,15H,6,9-12,18H2,1-2H3,(H,19,20);1H/t15-;/m0./s1. The number of halogens is 1. The van der Waals surface area contributed by atoms with Crippen LogP contribution in [0, 0.1) is 5.92 Å². The summed E-state index contributed by atoms with van der Waals surface area (Å²) in [5, 5.41) is 3.07. The Morgan fingerprint density at radius 3 is 2.38 bits per heavy atom. The van der Waals surface area contributed by atoms with Crippen LogP contribution >= 0.6 is 12.4 Å². The van der Waals surface area contributed by atoms with Crippen molar-refractivity contribution in [3.8, 4) is 0 Å². The summed E-state index contributed by atoms with van der Waals surface area (Å²) in [5.41, 5.74) is 7.40. The summed E-state index contributed by atoms with van der Waals surface area (Å²) in [5.74, 6) is 0.434. The molecule has 0 heterocycles. The largest absolute Gasteiger partial charge is 0.354 e. The summed E-state index contributed by atoms with van der Waals surface area (Å²) in [6.45, 7) is 4.89. The first-order valence-electron chi connectivity index (χ1n) is 7.62. The second-order valence-corrected chi connectivity index (χ2v) is 6.45. The summed E-state index contributed by atoms with van der Waals surface area (Å²) in [7, 11) is 0. The van der Waals surface area contributed by atoms with Crippen LogP contribution in [0.25, 0.3) is 0 Å². The van der Waals surface area contributed by atoms with Gasteiger partial charge in [-0.3, -0.25) is 4.79 Å². The van der Waals surface area contributed by atoms with Gasteiger partial charge in [-0.05, 0) is 30.7 Å². The van der Waals surface area contributed by atoms with Crippen molar-refractivity contribution in [2.45, 2.75) is 51.0 Å². The van der Waals surface area contributed by atoms with Gasteiger partial charge in [-0.1, -0.05) is 50.6 Å². The van der Waals surface area contributed by atoms with E-state index in [-0.39, 0.29) is 29.8 Å². The molecule has 0 spiro atoms. The second-order valence-electron chi connectivity index (χ2n) is 6.45. The second kappa shape index (κ2) is 7.81. The van der Waals surface area contributed by atoms with Crippen molar-refractivity contribution < 1.29 is 4.79 Å². The van der Waals surface area contributed by atoms with E-state index in [0.29, 0.717) is 12.5 Å². The van der Waals surface area contributed by atoms with Gasteiger partial charge in [0.05, 0.1) is 6.04 Å². The molecule has 1 amide bonds. The maximum absolute atomic E-state index is 12.1. The molecule has 0 aliphatic heterocycles. The van der Waals surface area contributed by atoms with Gasteiger partial charge >= 0.3 is 0 Å². The fourth-order valence-electron chi connectivity index (χ4n) is 2.97. The third kappa shape index (κ3) is 4.45. The normalized spacial score (nSPS) is 17.5. The van der Waals surface area contributed by atoms with Gasteiger partial charge in [0.1, 0.15) is 0 Å². The fraction of sp³-hybridized carbons (Fsp3) is 0.588. The monoisotopic (exact) mass is 310 g/mol. The van der Waals surface area contributed by atoms with Crippen LogP contribution in [0.3, 0.4) is 0 Å². The molecule has 0 saturated heterocycles. The van der Waals surface area contributed by atoms with Gasteiger partial charge in [-0.25, -0.2) is 0 Å². The SMILES string of the molecule is CC(C)C[C@H](N)C(=O)NCC1(c2ccccc2)CCC1.Cl. The average Bonchev–Trinajstić information content (AvgIpc) is 2.37. The van der Waals surface area contributed by atoms with Crippen molar-refractivity contribution in [2.24, 2.45) is 11.7 Å². The molecule has 2 rings (SSSR count). The smallest absolute Gasteiger partial charge is 0.236 e. The van der Waals surface area contributed by atoms with Crippen molar-refractivity contribution in [3.63, 3.8) is 0 Å². The van der Waals surface area contributed by atoms with E-state index < -0.39 is 0 Å². The highest BCUT2D eigenvalue weighted by atomic mass is 35.5. The van der Waals surface area contributed by atoms with Gasteiger partial charge in [0, 0.05) is 12.0 Å². The number of hydrogen-bond donors (Lipinski definition) is 2. The minimum Gasteiger partial charge on any atom is -0.354 e. The number of carbonyl (C=O) groups is 1. The van der Waals surface area contributed by atoms with Gasteiger partial charge in [0.25, 0.3) is 0 Å². The van der Waals surface area contributed by atoms with Crippen LogP contribution in [0.15, 0.2) is 30.3 Å². The first-order valence-corrected chi connectivity index (χ1v) is 7.62. The Labute approximate surface area is 134 Å². The topological polar surface area (TPSA) is 55.1 Å². The molecule has 0 unspecified atom stereocenters. The lowest BCUT2D eigenvalue weighted by molar-refractivity contribution is -0.123. The number of nitrogens with one attached hydrogen (secondary N) is 1. The molecule has 1 atom stereocenters. The molecule has 0 aromatic heterocycles. The number of nitrogens with two attached hydrogens (primary N) is 1. The summed E-state index contributed by atoms with van der Waals surface area (Å²) >= 11 is 0. The number of carbonyl (C=O) groups excluding carboxylic acids is 1. The Hall–Kier alpha value is -1.06. The zero-order valence-electron chi connectivity index (χ0n) is 13.0. The Bertz CT molecular complexity index is 443. The average molecular weight is 311 g/mol. The molecule has 1 aromatic carbocycles. The summed E-state index contributed by atoms with van der Waals surface area (Å²) in [4.78, 5) is 12.1. The summed E-state index contributed by atoms with van der Waals surface area (Å²) in [6, 6.07) is 10.1. The third-order valence-electron chi connectivity index (χ3n) is 4.36. The van der Waals surface area contributed by atoms with Crippen LogP contribution in [-0.2, 0) is 10.2 Å². The Morgan fingerprint density at radius 1 is 1.29 bits per heavy atom. The van der Waals surface area contributed by atoms with Gasteiger partial charge < -0.3 is 11.1 Å². The molecule has 118 valence electrons. The molecule has 0 bridgehead atoms. The van der Waals surface area contributed by atoms with E-state index in [1.54, 1.807) is 0 Å². The molecule has 3 N–H and O–H groups in total. The van der Waals surface area contributed by atoms with E-state index in [1.807, 2.05) is 6.07 Å². The van der Waals surface area contributed by atoms with Crippen molar-refractivity contribution in [1.29, 1.82) is 0 Å². The third-order valence-corrected chi connectivity index (χ3v) is 4.36. The predicted molar refractivity (Wildman–Crippen MR) is 89.7 cm³/mol. The number of hydrogen-bond acceptors (Lipinski definition) is 2. The zero-order chi connectivity index (χ0) is 14.6. The van der Waals surface area contributed by atoms with E-state index in [1.165, 1.54) is 12.0 Å². The highest BCUT2D eigenvalue weighted by Gasteiger charge is 2.38. The van der Waals surface area contributed by atoms with E-state index in [2.05, 4.69) is 43.4 Å². The van der Waals surface area contributed by atoms with Gasteiger partial charge in [0.15, 0.2) is 0 Å². The Balaban J connectivity index is 0.00000220. The molecule has 1 fully saturated rings. The highest BCUT2D eigenvalue weighted by Crippen LogP contribution is 2.43. The minimum atomic E-state index is -0.386. The predicted octanol–water partition coefficient (Wildman–Crippen LogP) is 3.02. The van der Waals surface area contributed by atoms with E-state index >= 15 is 0 Å². The van der Waals surface area contributed by atoms with E-state index in [4.69, 9.17) is 5.73 Å². The molecule has 1 aliphatic rings. The number of rotatable bonds is 6. The highest BCUT2D eigenvalue weighted by molar-refractivity contribution is 5.85. The van der Waals surface area contributed by atoms with Crippen LogP contribution in [0.4, 0.5) is 0 Å². The quantitative estimate of drug-likeness (QED) is 0.848. The van der Waals surface area contributed by atoms with Crippen molar-refractivity contribution in [1.82, 2.24) is 5.32 Å². The molecule has 4 heteroatoms. The lowest BCUT2D eigenvalue weighted by Gasteiger charge is -2.42. The molecule has 0 radical (unpaired) electrons. The van der Waals surface area contributed by atoms with Gasteiger partial charge in [-0.2, -0.15) is 0 Å². The summed E-state index contributed by atoms with van der Waals surface area (Å²) in [6.07, 6.45) is 4.28. The van der Waals surface area contributed by atoms with Gasteiger partial charge in [-0.15, -0.1) is 12.4 Å². The molecular formula is C17H27ClN2O. The first kappa shape index (κ1) is 18.0. The van der Waals surface area contributed by atoms with Crippen LogP contribution < -0.4 is 11.1 Å². The zero-order valence-corrected chi connectivity index (χ0v) is 13.8. The molecule has 3 nitrogen and oxygen atoms in total. The van der Waals surface area contributed by atoms with Crippen LogP contribution in [0.1, 0.15) is 45.1 Å². The molecule has 1 aromatic rings. The number of benzene rings is 1. The van der Waals surface area contributed by atoms with Crippen molar-refractivity contribution in [3.05, 3.63) is 35.9 Å². The Kier molecular flexibility index (Phi) is 6.69. The van der Waals surface area contributed by atoms with Crippen LogP contribution in [-0.4, -0.2) is 18.5 Å². The number of amides is 1. The molecule has 21 heavy (non-hydrogen) atoms. The lowest BCUT2D eigenvalue weighted by atomic mass is 9.64. The van der Waals surface area contributed by atoms with Gasteiger partial charge in [0.2, 0.25) is 5.91 Å².